The fourth-order valence-corrected chi connectivity index (χ4v) is 5.03. The molecule has 0 bridgehead atoms. The van der Waals surface area contributed by atoms with E-state index < -0.39 is 36.1 Å². The van der Waals surface area contributed by atoms with Crippen molar-refractivity contribution in [1.29, 1.82) is 0 Å². The largest absolute Gasteiger partial charge is 0.498 e. The quantitative estimate of drug-likeness (QED) is 0.498. The number of hydrogen-bond donors (Lipinski definition) is 1. The average Bonchev–Trinajstić information content (AvgIpc) is 3.50. The highest BCUT2D eigenvalue weighted by Gasteiger charge is 2.52. The first-order valence-corrected chi connectivity index (χ1v) is 14.3. The van der Waals surface area contributed by atoms with Crippen LogP contribution in [0, 0.1) is 5.92 Å². The molecular formula is C28H46BN5O5. The topological polar surface area (TPSA) is 106 Å². The lowest BCUT2D eigenvalue weighted by Gasteiger charge is -2.34. The van der Waals surface area contributed by atoms with Crippen molar-refractivity contribution in [2.45, 2.75) is 123 Å². The van der Waals surface area contributed by atoms with Crippen LogP contribution in [0.15, 0.2) is 12.4 Å². The molecule has 1 saturated carbocycles. The number of anilines is 1. The molecule has 2 amide bonds. The molecule has 0 radical (unpaired) electrons. The van der Waals surface area contributed by atoms with Crippen LogP contribution in [0.2, 0.25) is 0 Å². The minimum atomic E-state index is -0.648. The molecule has 3 heterocycles. The second-order valence-corrected chi connectivity index (χ2v) is 13.5. The third-order valence-electron chi connectivity index (χ3n) is 8.10. The monoisotopic (exact) mass is 543 g/mol. The molecule has 2 aliphatic heterocycles. The van der Waals surface area contributed by atoms with Crippen LogP contribution in [-0.2, 0) is 18.8 Å². The highest BCUT2D eigenvalue weighted by Crippen LogP contribution is 2.37. The zero-order valence-corrected chi connectivity index (χ0v) is 25.1. The van der Waals surface area contributed by atoms with Crippen molar-refractivity contribution in [2.24, 2.45) is 5.92 Å². The van der Waals surface area contributed by atoms with E-state index in [0.29, 0.717) is 25.1 Å². The van der Waals surface area contributed by atoms with Crippen LogP contribution in [-0.4, -0.2) is 82.0 Å². The maximum absolute atomic E-state index is 13.7. The van der Waals surface area contributed by atoms with Crippen molar-refractivity contribution >= 4 is 30.5 Å². The van der Waals surface area contributed by atoms with Gasteiger partial charge in [0.05, 0.1) is 11.2 Å². The predicted molar refractivity (Wildman–Crippen MR) is 151 cm³/mol. The number of alkyl carbamates (subject to hydrolysis) is 1. The Hall–Kier alpha value is -2.40. The molecule has 11 heteroatoms. The van der Waals surface area contributed by atoms with E-state index in [0.717, 1.165) is 31.1 Å². The van der Waals surface area contributed by atoms with E-state index in [2.05, 4.69) is 10.2 Å². The summed E-state index contributed by atoms with van der Waals surface area (Å²) in [6.07, 6.45) is 7.00. The normalized spacial score (nSPS) is 23.2. The summed E-state index contributed by atoms with van der Waals surface area (Å²) in [7, 11) is -0.508. The minimum Gasteiger partial charge on any atom is -0.444 e. The summed E-state index contributed by atoms with van der Waals surface area (Å²) in [4.78, 5) is 39.7. The average molecular weight is 544 g/mol. The molecule has 0 aromatic carbocycles. The van der Waals surface area contributed by atoms with Crippen LogP contribution in [0.5, 0.6) is 0 Å². The van der Waals surface area contributed by atoms with E-state index in [9.17, 15) is 9.59 Å². The molecule has 0 spiro atoms. The van der Waals surface area contributed by atoms with Gasteiger partial charge in [-0.25, -0.2) is 14.8 Å². The first-order chi connectivity index (χ1) is 18.1. The van der Waals surface area contributed by atoms with Crippen molar-refractivity contribution in [3.63, 3.8) is 0 Å². The number of aromatic nitrogens is 2. The number of nitrogens with zero attached hydrogens (tertiary/aromatic N) is 4. The Labute approximate surface area is 233 Å². The Balaban J connectivity index is 1.44. The van der Waals surface area contributed by atoms with Crippen LogP contribution in [0.25, 0.3) is 0 Å². The lowest BCUT2D eigenvalue weighted by molar-refractivity contribution is -0.135. The molecule has 2 atom stereocenters. The lowest BCUT2D eigenvalue weighted by Crippen LogP contribution is -2.55. The molecule has 4 rings (SSSR count). The molecule has 1 aromatic heterocycles. The van der Waals surface area contributed by atoms with Gasteiger partial charge >= 0.3 is 13.2 Å². The van der Waals surface area contributed by atoms with E-state index in [1.54, 1.807) is 12.4 Å². The molecule has 216 valence electrons. The Morgan fingerprint density at radius 1 is 1.13 bits per heavy atom. The summed E-state index contributed by atoms with van der Waals surface area (Å²) in [5, 5.41) is 2.82. The maximum Gasteiger partial charge on any atom is 0.498 e. The molecule has 3 fully saturated rings. The molecule has 10 nitrogen and oxygen atoms in total. The Kier molecular flexibility index (Phi) is 8.25. The molecule has 1 N–H and O–H groups in total. The zero-order valence-electron chi connectivity index (χ0n) is 25.1. The molecule has 2 unspecified atom stereocenters. The van der Waals surface area contributed by atoms with Crippen molar-refractivity contribution < 1.29 is 23.6 Å². The van der Waals surface area contributed by atoms with Gasteiger partial charge in [-0.05, 0) is 80.1 Å². The molecule has 1 aromatic rings. The summed E-state index contributed by atoms with van der Waals surface area (Å²) in [6.45, 7) is 18.7. The predicted octanol–water partition coefficient (Wildman–Crippen LogP) is 3.28. The van der Waals surface area contributed by atoms with Crippen LogP contribution >= 0.6 is 0 Å². The SMILES string of the molecule is CC(C)C(NC(=O)OC(C)(C)C)C(=O)N1CCCC1CN(c1ncc(B2OC(C)(C)C(C)(C)O2)cn1)C1CC1. The third-order valence-corrected chi connectivity index (χ3v) is 8.10. The highest BCUT2D eigenvalue weighted by molar-refractivity contribution is 6.61. The van der Waals surface area contributed by atoms with Crippen molar-refractivity contribution in [2.75, 3.05) is 18.0 Å². The number of carbonyl (C=O) groups excluding carboxylic acids is 2. The smallest absolute Gasteiger partial charge is 0.444 e. The van der Waals surface area contributed by atoms with Crippen LogP contribution < -0.4 is 15.7 Å². The number of amides is 2. The number of likely N-dealkylation sites (tertiary alicyclic amines) is 1. The second kappa shape index (κ2) is 10.9. The summed E-state index contributed by atoms with van der Waals surface area (Å²) >= 11 is 0. The molecule has 39 heavy (non-hydrogen) atoms. The standard InChI is InChI=1S/C28H46BN5O5/c1-18(2)22(32-25(36)37-26(3,4)5)23(35)33-14-10-11-21(33)17-34(20-12-13-20)24-30-15-19(16-31-24)29-38-27(6,7)28(8,9)39-29/h15-16,18,20-22H,10-14,17H2,1-9H3,(H,32,36). The Morgan fingerprint density at radius 2 is 1.72 bits per heavy atom. The van der Waals surface area contributed by atoms with Gasteiger partial charge in [-0.15, -0.1) is 0 Å². The van der Waals surface area contributed by atoms with E-state index in [4.69, 9.17) is 24.0 Å². The van der Waals surface area contributed by atoms with Crippen LogP contribution in [0.4, 0.5) is 10.7 Å². The number of nitrogens with one attached hydrogen (secondary N) is 1. The lowest BCUT2D eigenvalue weighted by atomic mass is 9.81. The molecule has 3 aliphatic rings. The van der Waals surface area contributed by atoms with E-state index >= 15 is 0 Å². The zero-order chi connectivity index (χ0) is 28.8. The Morgan fingerprint density at radius 3 is 2.23 bits per heavy atom. The van der Waals surface area contributed by atoms with Gasteiger partial charge < -0.3 is 29.2 Å². The highest BCUT2D eigenvalue weighted by atomic mass is 16.7. The maximum atomic E-state index is 13.7. The van der Waals surface area contributed by atoms with E-state index in [1.165, 1.54) is 0 Å². The molecular weight excluding hydrogens is 497 g/mol. The fourth-order valence-electron chi connectivity index (χ4n) is 5.03. The van der Waals surface area contributed by atoms with Gasteiger partial charge in [0.1, 0.15) is 11.6 Å². The van der Waals surface area contributed by atoms with Gasteiger partial charge in [0.15, 0.2) is 0 Å². The number of carbonyl (C=O) groups is 2. The van der Waals surface area contributed by atoms with Crippen molar-refractivity contribution in [3.05, 3.63) is 12.4 Å². The van der Waals surface area contributed by atoms with Gasteiger partial charge in [-0.2, -0.15) is 0 Å². The van der Waals surface area contributed by atoms with Gasteiger partial charge in [0, 0.05) is 43.0 Å². The summed E-state index contributed by atoms with van der Waals surface area (Å²) < 4.78 is 17.7. The summed E-state index contributed by atoms with van der Waals surface area (Å²) in [5.74, 6) is 0.521. The van der Waals surface area contributed by atoms with Crippen molar-refractivity contribution in [1.82, 2.24) is 20.2 Å². The number of hydrogen-bond acceptors (Lipinski definition) is 8. The first-order valence-electron chi connectivity index (χ1n) is 14.3. The van der Waals surface area contributed by atoms with E-state index in [-0.39, 0.29) is 17.9 Å². The first kappa shape index (κ1) is 29.6. The molecule has 1 aliphatic carbocycles. The Bertz CT molecular complexity index is 1020. The fraction of sp³-hybridized carbons (Fsp3) is 0.786. The second-order valence-electron chi connectivity index (χ2n) is 13.5. The van der Waals surface area contributed by atoms with Crippen LogP contribution in [0.3, 0.4) is 0 Å². The number of ether oxygens (including phenoxy) is 1. The van der Waals surface area contributed by atoms with Crippen LogP contribution in [0.1, 0.15) is 88.0 Å². The van der Waals surface area contributed by atoms with Gasteiger partial charge in [0.25, 0.3) is 0 Å². The van der Waals surface area contributed by atoms with Gasteiger partial charge in [-0.1, -0.05) is 13.8 Å². The number of rotatable bonds is 8. The third kappa shape index (κ3) is 6.85. The van der Waals surface area contributed by atoms with Gasteiger partial charge in [0.2, 0.25) is 11.9 Å². The van der Waals surface area contributed by atoms with E-state index in [1.807, 2.05) is 67.2 Å². The summed E-state index contributed by atoms with van der Waals surface area (Å²) in [5.41, 5.74) is -0.700. The van der Waals surface area contributed by atoms with Gasteiger partial charge in [-0.3, -0.25) is 4.79 Å². The molecule has 2 saturated heterocycles. The minimum absolute atomic E-state index is 0.0196. The summed E-state index contributed by atoms with van der Waals surface area (Å²) in [6, 6.07) is -0.262. The van der Waals surface area contributed by atoms with Crippen molar-refractivity contribution in [3.8, 4) is 0 Å².